The predicted molar refractivity (Wildman–Crippen MR) is 80.4 cm³/mol. The second-order valence-electron chi connectivity index (χ2n) is 5.33. The van der Waals surface area contributed by atoms with Crippen LogP contribution in [0.15, 0.2) is 24.3 Å². The molecule has 0 aliphatic heterocycles. The summed E-state index contributed by atoms with van der Waals surface area (Å²) in [7, 11) is 0. The van der Waals surface area contributed by atoms with Crippen LogP contribution >= 0.6 is 11.3 Å². The highest BCUT2D eigenvalue weighted by molar-refractivity contribution is 7.19. The minimum Gasteiger partial charge on any atom is -0.391 e. The van der Waals surface area contributed by atoms with Crippen molar-refractivity contribution >= 4 is 27.4 Å². The van der Waals surface area contributed by atoms with Crippen LogP contribution in [0.2, 0.25) is 0 Å². The molecule has 4 rings (SSSR count). The van der Waals surface area contributed by atoms with Gasteiger partial charge in [-0.1, -0.05) is 0 Å². The van der Waals surface area contributed by atoms with Crippen LogP contribution in [0.3, 0.4) is 0 Å². The van der Waals surface area contributed by atoms with E-state index in [1.165, 1.54) is 12.1 Å². The molecule has 0 atom stereocenters. The molecular formula is C15H14FN3S. The molecular weight excluding hydrogens is 273 g/mol. The molecule has 0 bridgehead atoms. The molecule has 3 nitrogen and oxygen atoms in total. The number of aryl methyl sites for hydroxylation is 1. The lowest BCUT2D eigenvalue weighted by molar-refractivity contribution is 0.629. The van der Waals surface area contributed by atoms with Gasteiger partial charge in [0.05, 0.1) is 20.9 Å². The summed E-state index contributed by atoms with van der Waals surface area (Å²) < 4.78 is 15.7. The standard InChI is InChI=1S/C15H14FN3S/c1-8-6-13(17)20-14(8)15-18-11-7-9(16)2-5-12(11)19(15)10-3-4-10/h2,5-7,10H,3-4,17H2,1H3. The van der Waals surface area contributed by atoms with Gasteiger partial charge in [-0.25, -0.2) is 9.37 Å². The van der Waals surface area contributed by atoms with Crippen molar-refractivity contribution in [2.24, 2.45) is 0 Å². The summed E-state index contributed by atoms with van der Waals surface area (Å²) in [6, 6.07) is 7.29. The number of rotatable bonds is 2. The van der Waals surface area contributed by atoms with E-state index in [1.54, 1.807) is 11.3 Å². The van der Waals surface area contributed by atoms with E-state index in [4.69, 9.17) is 5.73 Å². The number of hydrogen-bond acceptors (Lipinski definition) is 3. The summed E-state index contributed by atoms with van der Waals surface area (Å²) >= 11 is 1.55. The topological polar surface area (TPSA) is 43.8 Å². The molecule has 1 aliphatic rings. The van der Waals surface area contributed by atoms with Gasteiger partial charge in [0.15, 0.2) is 5.82 Å². The molecule has 0 amide bonds. The number of halogens is 1. The minimum atomic E-state index is -0.244. The molecule has 102 valence electrons. The van der Waals surface area contributed by atoms with Gasteiger partial charge in [0.1, 0.15) is 5.82 Å². The van der Waals surface area contributed by atoms with Crippen LogP contribution in [0.1, 0.15) is 24.4 Å². The summed E-state index contributed by atoms with van der Waals surface area (Å²) in [6.07, 6.45) is 2.32. The maximum atomic E-state index is 13.4. The molecule has 1 fully saturated rings. The minimum absolute atomic E-state index is 0.244. The average Bonchev–Trinajstić information content (AvgIpc) is 3.08. The maximum Gasteiger partial charge on any atom is 0.151 e. The molecule has 3 aromatic rings. The van der Waals surface area contributed by atoms with Crippen LogP contribution in [0.4, 0.5) is 9.39 Å². The predicted octanol–water partition coefficient (Wildman–Crippen LogP) is 4.13. The third-order valence-corrected chi connectivity index (χ3v) is 4.77. The molecule has 0 radical (unpaired) electrons. The molecule has 20 heavy (non-hydrogen) atoms. The molecule has 0 unspecified atom stereocenters. The Balaban J connectivity index is 2.03. The van der Waals surface area contributed by atoms with Crippen molar-refractivity contribution in [3.8, 4) is 10.7 Å². The van der Waals surface area contributed by atoms with Gasteiger partial charge in [-0.2, -0.15) is 0 Å². The van der Waals surface area contributed by atoms with Gasteiger partial charge in [-0.3, -0.25) is 0 Å². The van der Waals surface area contributed by atoms with Crippen molar-refractivity contribution < 1.29 is 4.39 Å². The smallest absolute Gasteiger partial charge is 0.151 e. The molecule has 5 heteroatoms. The number of benzene rings is 1. The number of thiophene rings is 1. The highest BCUT2D eigenvalue weighted by atomic mass is 32.1. The lowest BCUT2D eigenvalue weighted by atomic mass is 10.2. The van der Waals surface area contributed by atoms with E-state index in [-0.39, 0.29) is 5.82 Å². The third kappa shape index (κ3) is 1.73. The fourth-order valence-electron chi connectivity index (χ4n) is 2.66. The Morgan fingerprint density at radius 1 is 1.35 bits per heavy atom. The van der Waals surface area contributed by atoms with Gasteiger partial charge in [0, 0.05) is 12.1 Å². The van der Waals surface area contributed by atoms with Gasteiger partial charge in [-0.15, -0.1) is 11.3 Å². The Morgan fingerprint density at radius 3 is 2.80 bits per heavy atom. The van der Waals surface area contributed by atoms with Crippen LogP contribution in [0, 0.1) is 12.7 Å². The summed E-state index contributed by atoms with van der Waals surface area (Å²) in [5.41, 5.74) is 8.76. The largest absolute Gasteiger partial charge is 0.391 e. The molecule has 1 saturated carbocycles. The first kappa shape index (κ1) is 11.9. The first-order valence-corrected chi connectivity index (χ1v) is 7.49. The van der Waals surface area contributed by atoms with Crippen LogP contribution in [-0.4, -0.2) is 9.55 Å². The normalized spacial score (nSPS) is 15.1. The van der Waals surface area contributed by atoms with Crippen molar-refractivity contribution in [2.45, 2.75) is 25.8 Å². The fraction of sp³-hybridized carbons (Fsp3) is 0.267. The number of imidazole rings is 1. The number of nitrogen functional groups attached to an aromatic ring is 1. The summed E-state index contributed by atoms with van der Waals surface area (Å²) in [5.74, 6) is 0.680. The highest BCUT2D eigenvalue weighted by Crippen LogP contribution is 2.43. The van der Waals surface area contributed by atoms with Crippen molar-refractivity contribution in [3.63, 3.8) is 0 Å². The lowest BCUT2D eigenvalue weighted by Gasteiger charge is -2.06. The Labute approximate surface area is 119 Å². The Bertz CT molecular complexity index is 814. The number of nitrogens with two attached hydrogens (primary N) is 1. The van der Waals surface area contributed by atoms with E-state index >= 15 is 0 Å². The number of hydrogen-bond donors (Lipinski definition) is 1. The van der Waals surface area contributed by atoms with E-state index in [9.17, 15) is 4.39 Å². The van der Waals surface area contributed by atoms with Gasteiger partial charge in [0.25, 0.3) is 0 Å². The van der Waals surface area contributed by atoms with E-state index in [2.05, 4.69) is 9.55 Å². The first-order valence-electron chi connectivity index (χ1n) is 6.67. The molecule has 0 spiro atoms. The number of anilines is 1. The van der Waals surface area contributed by atoms with E-state index in [0.29, 0.717) is 6.04 Å². The van der Waals surface area contributed by atoms with E-state index in [0.717, 1.165) is 45.1 Å². The molecule has 2 heterocycles. The molecule has 2 N–H and O–H groups in total. The SMILES string of the molecule is Cc1cc(N)sc1-c1nc2cc(F)ccc2n1C1CC1. The van der Waals surface area contributed by atoms with Crippen molar-refractivity contribution in [3.05, 3.63) is 35.6 Å². The van der Waals surface area contributed by atoms with Gasteiger partial charge >= 0.3 is 0 Å². The Hall–Kier alpha value is -1.88. The van der Waals surface area contributed by atoms with Crippen molar-refractivity contribution in [1.29, 1.82) is 0 Å². The second-order valence-corrected chi connectivity index (χ2v) is 6.41. The summed E-state index contributed by atoms with van der Waals surface area (Å²) in [4.78, 5) is 5.75. The van der Waals surface area contributed by atoms with Crippen molar-refractivity contribution in [2.75, 3.05) is 5.73 Å². The van der Waals surface area contributed by atoms with Crippen molar-refractivity contribution in [1.82, 2.24) is 9.55 Å². The Kier molecular flexibility index (Phi) is 2.41. The zero-order valence-electron chi connectivity index (χ0n) is 11.1. The quantitative estimate of drug-likeness (QED) is 0.770. The van der Waals surface area contributed by atoms with E-state index in [1.807, 2.05) is 19.1 Å². The monoisotopic (exact) mass is 287 g/mol. The Morgan fingerprint density at radius 2 is 2.15 bits per heavy atom. The van der Waals surface area contributed by atoms with Gasteiger partial charge < -0.3 is 10.3 Å². The summed E-state index contributed by atoms with van der Waals surface area (Å²) in [5, 5.41) is 0.790. The molecule has 2 aromatic heterocycles. The number of aromatic nitrogens is 2. The third-order valence-electron chi connectivity index (χ3n) is 3.70. The van der Waals surface area contributed by atoms with E-state index < -0.39 is 0 Å². The molecule has 0 saturated heterocycles. The zero-order valence-corrected chi connectivity index (χ0v) is 11.9. The van der Waals surface area contributed by atoms with Crippen LogP contribution in [0.25, 0.3) is 21.7 Å². The van der Waals surface area contributed by atoms with Crippen LogP contribution < -0.4 is 5.73 Å². The van der Waals surface area contributed by atoms with Crippen LogP contribution in [0.5, 0.6) is 0 Å². The maximum absolute atomic E-state index is 13.4. The average molecular weight is 287 g/mol. The van der Waals surface area contributed by atoms with Gasteiger partial charge in [-0.05, 0) is 43.5 Å². The zero-order chi connectivity index (χ0) is 13.9. The lowest BCUT2D eigenvalue weighted by Crippen LogP contribution is -1.96. The first-order chi connectivity index (χ1) is 9.63. The highest BCUT2D eigenvalue weighted by Gasteiger charge is 2.29. The molecule has 1 aliphatic carbocycles. The van der Waals surface area contributed by atoms with Gasteiger partial charge in [0.2, 0.25) is 0 Å². The second kappa shape index (κ2) is 4.06. The molecule has 1 aromatic carbocycles. The number of fused-ring (bicyclic) bond motifs is 1. The summed E-state index contributed by atoms with van der Waals surface area (Å²) in [6.45, 7) is 2.04. The fourth-order valence-corrected chi connectivity index (χ4v) is 3.59. The van der Waals surface area contributed by atoms with Crippen LogP contribution in [-0.2, 0) is 0 Å². The number of nitrogens with zero attached hydrogens (tertiary/aromatic N) is 2.